The number of anilines is 2. The summed E-state index contributed by atoms with van der Waals surface area (Å²) in [6.07, 6.45) is 2.83. The summed E-state index contributed by atoms with van der Waals surface area (Å²) in [5, 5.41) is 14.3. The number of hydrogen-bond donors (Lipinski definition) is 2. The first-order chi connectivity index (χ1) is 15.1. The minimum absolute atomic E-state index is 0.00737. The molecule has 1 heterocycles. The van der Waals surface area contributed by atoms with Crippen molar-refractivity contribution in [1.29, 1.82) is 0 Å². The SMILES string of the molecule is OC1CCCc2sc(Nc3cccc(-c4cccc(C(F)F)c4)c3OC3CCC3)nc21. The highest BCUT2D eigenvalue weighted by atomic mass is 32.1. The monoisotopic (exact) mass is 442 g/mol. The number of nitrogens with zero attached hydrogens (tertiary/aromatic N) is 1. The molecule has 1 unspecified atom stereocenters. The van der Waals surface area contributed by atoms with Gasteiger partial charge in [-0.3, -0.25) is 0 Å². The third-order valence-electron chi connectivity index (χ3n) is 5.97. The molecule has 2 aromatic carbocycles. The maximum atomic E-state index is 13.3. The fourth-order valence-electron chi connectivity index (χ4n) is 4.05. The number of alkyl halides is 2. The Labute approximate surface area is 183 Å². The van der Waals surface area contributed by atoms with Crippen LogP contribution in [0.15, 0.2) is 42.5 Å². The number of aliphatic hydroxyl groups is 1. The molecule has 0 radical (unpaired) electrons. The summed E-state index contributed by atoms with van der Waals surface area (Å²) >= 11 is 1.55. The van der Waals surface area contributed by atoms with Crippen molar-refractivity contribution in [3.63, 3.8) is 0 Å². The molecule has 0 bridgehead atoms. The normalized spacial score (nSPS) is 18.5. The number of para-hydroxylation sites is 1. The van der Waals surface area contributed by atoms with Crippen LogP contribution in [0.4, 0.5) is 19.6 Å². The second-order valence-electron chi connectivity index (χ2n) is 8.14. The molecular weight excluding hydrogens is 418 g/mol. The van der Waals surface area contributed by atoms with Crippen molar-refractivity contribution in [3.05, 3.63) is 58.6 Å². The number of halogens is 2. The Morgan fingerprint density at radius 3 is 2.68 bits per heavy atom. The summed E-state index contributed by atoms with van der Waals surface area (Å²) < 4.78 is 32.9. The van der Waals surface area contributed by atoms with E-state index in [1.165, 1.54) is 12.1 Å². The molecule has 162 valence electrons. The van der Waals surface area contributed by atoms with Crippen molar-refractivity contribution < 1.29 is 18.6 Å². The summed E-state index contributed by atoms with van der Waals surface area (Å²) in [6, 6.07) is 12.2. The number of aryl methyl sites for hydroxylation is 1. The number of hydrogen-bond acceptors (Lipinski definition) is 5. The number of aliphatic hydroxyl groups excluding tert-OH is 1. The van der Waals surface area contributed by atoms with Crippen LogP contribution in [0.2, 0.25) is 0 Å². The van der Waals surface area contributed by atoms with Gasteiger partial charge >= 0.3 is 0 Å². The van der Waals surface area contributed by atoms with Crippen LogP contribution in [0.3, 0.4) is 0 Å². The molecule has 1 atom stereocenters. The summed E-state index contributed by atoms with van der Waals surface area (Å²) in [5.41, 5.74) is 2.99. The van der Waals surface area contributed by atoms with Gasteiger partial charge < -0.3 is 15.2 Å². The van der Waals surface area contributed by atoms with Gasteiger partial charge in [-0.05, 0) is 56.2 Å². The van der Waals surface area contributed by atoms with Crippen LogP contribution < -0.4 is 10.1 Å². The molecule has 2 N–H and O–H groups in total. The first-order valence-electron chi connectivity index (χ1n) is 10.7. The van der Waals surface area contributed by atoms with E-state index >= 15 is 0 Å². The van der Waals surface area contributed by atoms with Crippen LogP contribution >= 0.6 is 11.3 Å². The van der Waals surface area contributed by atoms with Crippen LogP contribution in [0, 0.1) is 0 Å². The average molecular weight is 443 g/mol. The first kappa shape index (κ1) is 20.4. The Morgan fingerprint density at radius 2 is 1.94 bits per heavy atom. The molecule has 4 nitrogen and oxygen atoms in total. The molecule has 3 aromatic rings. The summed E-state index contributed by atoms with van der Waals surface area (Å²) in [5.74, 6) is 0.660. The molecule has 1 fully saturated rings. The zero-order valence-electron chi connectivity index (χ0n) is 17.0. The van der Waals surface area contributed by atoms with Crippen LogP contribution in [0.5, 0.6) is 5.75 Å². The van der Waals surface area contributed by atoms with E-state index in [2.05, 4.69) is 10.3 Å². The fraction of sp³-hybridized carbons (Fsp3) is 0.375. The lowest BCUT2D eigenvalue weighted by Gasteiger charge is -2.29. The number of nitrogens with one attached hydrogen (secondary N) is 1. The fourth-order valence-corrected chi connectivity index (χ4v) is 5.12. The standard InChI is InChI=1S/C24H24F2N2O2S/c25-23(26)15-6-1-5-14(13-15)17-9-3-10-18(22(17)30-16-7-2-8-16)27-24-28-21-19(29)11-4-12-20(21)31-24/h1,3,5-6,9-10,13,16,19,23,29H,2,4,7-8,11-12H2,(H,27,28). The van der Waals surface area contributed by atoms with Crippen LogP contribution in [0.25, 0.3) is 11.1 Å². The van der Waals surface area contributed by atoms with Crippen LogP contribution in [0.1, 0.15) is 60.8 Å². The lowest BCUT2D eigenvalue weighted by Crippen LogP contribution is -2.25. The summed E-state index contributed by atoms with van der Waals surface area (Å²) in [4.78, 5) is 5.74. The van der Waals surface area contributed by atoms with Crippen LogP contribution in [-0.2, 0) is 6.42 Å². The van der Waals surface area contributed by atoms with Crippen molar-refractivity contribution in [3.8, 4) is 16.9 Å². The maximum absolute atomic E-state index is 13.3. The largest absolute Gasteiger partial charge is 0.488 e. The summed E-state index contributed by atoms with van der Waals surface area (Å²) in [7, 11) is 0. The third kappa shape index (κ3) is 4.16. The Bertz CT molecular complexity index is 1080. The van der Waals surface area contributed by atoms with E-state index in [1.807, 2.05) is 24.3 Å². The smallest absolute Gasteiger partial charge is 0.263 e. The molecular formula is C24H24F2N2O2S. The molecule has 0 saturated heterocycles. The van der Waals surface area contributed by atoms with Gasteiger partial charge in [-0.25, -0.2) is 13.8 Å². The van der Waals surface area contributed by atoms with E-state index in [0.29, 0.717) is 16.4 Å². The van der Waals surface area contributed by atoms with E-state index in [0.717, 1.165) is 60.3 Å². The van der Waals surface area contributed by atoms with Gasteiger partial charge in [0.25, 0.3) is 6.43 Å². The highest BCUT2D eigenvalue weighted by molar-refractivity contribution is 7.15. The molecule has 31 heavy (non-hydrogen) atoms. The van der Waals surface area contributed by atoms with E-state index < -0.39 is 12.5 Å². The first-order valence-corrected chi connectivity index (χ1v) is 11.5. The molecule has 0 spiro atoms. The second-order valence-corrected chi connectivity index (χ2v) is 9.22. The van der Waals surface area contributed by atoms with E-state index in [9.17, 15) is 13.9 Å². The van der Waals surface area contributed by atoms with Crippen LogP contribution in [-0.4, -0.2) is 16.2 Å². The Balaban J connectivity index is 1.53. The predicted molar refractivity (Wildman–Crippen MR) is 118 cm³/mol. The molecule has 7 heteroatoms. The Hall–Kier alpha value is -2.51. The molecule has 1 saturated carbocycles. The van der Waals surface area contributed by atoms with E-state index in [4.69, 9.17) is 4.74 Å². The van der Waals surface area contributed by atoms with Crippen molar-refractivity contribution in [1.82, 2.24) is 4.98 Å². The zero-order chi connectivity index (χ0) is 21.4. The van der Waals surface area contributed by atoms with Gasteiger partial charge in [0, 0.05) is 16.0 Å². The minimum Gasteiger partial charge on any atom is -0.488 e. The Morgan fingerprint density at radius 1 is 1.10 bits per heavy atom. The molecule has 1 aromatic heterocycles. The second kappa shape index (κ2) is 8.55. The topological polar surface area (TPSA) is 54.4 Å². The quantitative estimate of drug-likeness (QED) is 0.441. The zero-order valence-corrected chi connectivity index (χ0v) is 17.8. The lowest BCUT2D eigenvalue weighted by atomic mass is 9.95. The van der Waals surface area contributed by atoms with Gasteiger partial charge in [0.1, 0.15) is 0 Å². The van der Waals surface area contributed by atoms with Crippen molar-refractivity contribution in [2.24, 2.45) is 0 Å². The highest BCUT2D eigenvalue weighted by Crippen LogP contribution is 2.43. The van der Waals surface area contributed by atoms with Crippen molar-refractivity contribution in [2.45, 2.75) is 57.2 Å². The predicted octanol–water partition coefficient (Wildman–Crippen LogP) is 6.79. The Kier molecular flexibility index (Phi) is 5.63. The van der Waals surface area contributed by atoms with Crippen molar-refractivity contribution >= 4 is 22.2 Å². The maximum Gasteiger partial charge on any atom is 0.263 e. The lowest BCUT2D eigenvalue weighted by molar-refractivity contribution is 0.122. The molecule has 5 rings (SSSR count). The third-order valence-corrected chi connectivity index (χ3v) is 7.01. The number of ether oxygens (including phenoxy) is 1. The van der Waals surface area contributed by atoms with Crippen molar-refractivity contribution in [2.75, 3.05) is 5.32 Å². The number of rotatable bonds is 6. The molecule has 0 aliphatic heterocycles. The number of benzene rings is 2. The minimum atomic E-state index is -2.52. The summed E-state index contributed by atoms with van der Waals surface area (Å²) in [6.45, 7) is 0. The molecule has 2 aliphatic rings. The van der Waals surface area contributed by atoms with Gasteiger partial charge in [0.05, 0.1) is 23.6 Å². The van der Waals surface area contributed by atoms with Gasteiger partial charge in [-0.2, -0.15) is 0 Å². The van der Waals surface area contributed by atoms with E-state index in [1.54, 1.807) is 17.4 Å². The number of fused-ring (bicyclic) bond motifs is 1. The van der Waals surface area contributed by atoms with E-state index in [-0.39, 0.29) is 11.7 Å². The highest BCUT2D eigenvalue weighted by Gasteiger charge is 2.25. The number of aromatic nitrogens is 1. The van der Waals surface area contributed by atoms with Gasteiger partial charge in [0.2, 0.25) is 0 Å². The van der Waals surface area contributed by atoms with Gasteiger partial charge in [0.15, 0.2) is 10.9 Å². The van der Waals surface area contributed by atoms with Gasteiger partial charge in [-0.1, -0.05) is 30.3 Å². The number of thiazole rings is 1. The molecule has 2 aliphatic carbocycles. The van der Waals surface area contributed by atoms with Gasteiger partial charge in [-0.15, -0.1) is 11.3 Å². The average Bonchev–Trinajstić information content (AvgIpc) is 3.15. The molecule has 0 amide bonds.